The molecule has 2 N–H and O–H groups in total. The maximum absolute atomic E-state index is 5.19. The van der Waals surface area contributed by atoms with Crippen molar-refractivity contribution in [3.05, 3.63) is 0 Å². The molecule has 0 saturated heterocycles. The van der Waals surface area contributed by atoms with Crippen molar-refractivity contribution in [3.63, 3.8) is 0 Å². The molecule has 3 heteroatoms. The second-order valence-corrected chi connectivity index (χ2v) is 1.59. The van der Waals surface area contributed by atoms with Gasteiger partial charge in [0.1, 0.15) is 0 Å². The van der Waals surface area contributed by atoms with E-state index in [0.717, 1.165) is 13.1 Å². The summed E-state index contributed by atoms with van der Waals surface area (Å²) >= 11 is 0. The summed E-state index contributed by atoms with van der Waals surface area (Å²) in [6.45, 7) is 1.74. The summed E-state index contributed by atoms with van der Waals surface area (Å²) in [6.07, 6.45) is 0. The van der Waals surface area contributed by atoms with E-state index in [4.69, 9.17) is 5.73 Å². The second kappa shape index (κ2) is 7.18. The first kappa shape index (κ1) is 11.0. The summed E-state index contributed by atoms with van der Waals surface area (Å²) in [4.78, 5) is 2.06. The first-order chi connectivity index (χ1) is 2.77. The maximum atomic E-state index is 5.19. The van der Waals surface area contributed by atoms with Gasteiger partial charge in [-0.3, -0.25) is 0 Å². The van der Waals surface area contributed by atoms with Gasteiger partial charge < -0.3 is 10.6 Å². The Labute approximate surface area is 75.0 Å². The van der Waals surface area contributed by atoms with Crippen molar-refractivity contribution < 1.29 is 37.7 Å². The van der Waals surface area contributed by atoms with E-state index in [2.05, 4.69) is 4.90 Å². The predicted molar refractivity (Wildman–Crippen MR) is 27.6 cm³/mol. The Morgan fingerprint density at radius 2 is 1.86 bits per heavy atom. The molecule has 0 radical (unpaired) electrons. The van der Waals surface area contributed by atoms with Crippen LogP contribution in [0.2, 0.25) is 0 Å². The van der Waals surface area contributed by atoms with Gasteiger partial charge in [-0.25, -0.2) is 0 Å². The summed E-state index contributed by atoms with van der Waals surface area (Å²) < 4.78 is 0. The smallest absolute Gasteiger partial charge is 0.00985 e. The molecule has 0 unspecified atom stereocenters. The van der Waals surface area contributed by atoms with Crippen LogP contribution in [0.25, 0.3) is 0 Å². The van der Waals surface area contributed by atoms with Gasteiger partial charge in [0.05, 0.1) is 0 Å². The fourth-order valence-electron chi connectivity index (χ4n) is 0.258. The van der Waals surface area contributed by atoms with Crippen LogP contribution in [-0.4, -0.2) is 32.1 Å². The normalized spacial score (nSPS) is 8.57. The van der Waals surface area contributed by atoms with Gasteiger partial charge in [-0.1, -0.05) is 0 Å². The van der Waals surface area contributed by atoms with E-state index in [1.54, 1.807) is 0 Å². The molecule has 0 aliphatic rings. The van der Waals surface area contributed by atoms with Crippen molar-refractivity contribution in [1.82, 2.24) is 4.90 Å². The van der Waals surface area contributed by atoms with Gasteiger partial charge in [0.25, 0.3) is 0 Å². The minimum atomic E-state index is 0. The fraction of sp³-hybridized carbons (Fsp3) is 1.00. The van der Waals surface area contributed by atoms with Gasteiger partial charge in [-0.05, 0) is 14.1 Å². The van der Waals surface area contributed by atoms with Crippen molar-refractivity contribution in [3.8, 4) is 0 Å². The molecule has 0 aromatic carbocycles. The van der Waals surface area contributed by atoms with Crippen molar-refractivity contribution >= 4 is 0 Å². The van der Waals surface area contributed by atoms with E-state index < -0.39 is 0 Å². The van der Waals surface area contributed by atoms with Gasteiger partial charge >= 0.3 is 0 Å². The van der Waals surface area contributed by atoms with Gasteiger partial charge in [0.2, 0.25) is 0 Å². The van der Waals surface area contributed by atoms with E-state index >= 15 is 0 Å². The zero-order valence-corrected chi connectivity index (χ0v) is 5.50. The van der Waals surface area contributed by atoms with Crippen LogP contribution in [0.5, 0.6) is 0 Å². The summed E-state index contributed by atoms with van der Waals surface area (Å²) in [5.41, 5.74) is 5.19. The number of nitrogens with zero attached hydrogens (tertiary/aromatic N) is 1. The van der Waals surface area contributed by atoms with Crippen LogP contribution in [0, 0.1) is 37.7 Å². The molecular weight excluding hydrogens is 116 g/mol. The van der Waals surface area contributed by atoms with Gasteiger partial charge in [-0.15, -0.1) is 0 Å². The molecule has 0 rings (SSSR count). The van der Waals surface area contributed by atoms with E-state index in [1.165, 1.54) is 0 Å². The van der Waals surface area contributed by atoms with Crippen LogP contribution in [0.1, 0.15) is 0 Å². The molecule has 0 spiro atoms. The molecule has 2 nitrogen and oxygen atoms in total. The number of nitrogens with two attached hydrogens (primary N) is 1. The van der Waals surface area contributed by atoms with Gasteiger partial charge in [0.15, 0.2) is 0 Å². The largest absolute Gasteiger partial charge is 0.329 e. The first-order valence-corrected chi connectivity index (χ1v) is 2.12. The first-order valence-electron chi connectivity index (χ1n) is 2.12. The molecule has 0 heterocycles. The molecule has 0 aromatic rings. The second-order valence-electron chi connectivity index (χ2n) is 1.59. The molecule has 0 atom stereocenters. The van der Waals surface area contributed by atoms with Crippen LogP contribution < -0.4 is 5.73 Å². The molecular formula is C4H12ArN2. The zero-order chi connectivity index (χ0) is 4.99. The minimum absolute atomic E-state index is 0. The van der Waals surface area contributed by atoms with Crippen molar-refractivity contribution in [1.29, 1.82) is 0 Å². The number of likely N-dealkylation sites (N-methyl/N-ethyl adjacent to an activating group) is 1. The predicted octanol–water partition coefficient (Wildman–Crippen LogP) is -0.493. The summed E-state index contributed by atoms with van der Waals surface area (Å²) in [7, 11) is 4.01. The third-order valence-corrected chi connectivity index (χ3v) is 0.576. The molecule has 0 saturated carbocycles. The maximum Gasteiger partial charge on any atom is 0.00985 e. The molecule has 46 valence electrons. The standard InChI is InChI=1S/C4H12N2.Ar/c1-6(2)4-3-5;/h3-5H2,1-2H3;. The average Bonchev–Trinajstić information content (AvgIpc) is 1.35. The molecule has 0 aliphatic heterocycles. The fourth-order valence-corrected chi connectivity index (χ4v) is 0.258. The Hall–Kier alpha value is 1.18. The van der Waals surface area contributed by atoms with Crippen molar-refractivity contribution in [2.45, 2.75) is 0 Å². The monoisotopic (exact) mass is 128 g/mol. The molecule has 0 aromatic heterocycles. The zero-order valence-electron chi connectivity index (χ0n) is 4.79. The number of hydrogen-bond acceptors (Lipinski definition) is 2. The van der Waals surface area contributed by atoms with Crippen LogP contribution in [-0.2, 0) is 0 Å². The molecule has 7 heavy (non-hydrogen) atoms. The summed E-state index contributed by atoms with van der Waals surface area (Å²) in [5, 5.41) is 0. The summed E-state index contributed by atoms with van der Waals surface area (Å²) in [6, 6.07) is 0. The van der Waals surface area contributed by atoms with Gasteiger partial charge in [0, 0.05) is 50.8 Å². The average molecular weight is 128 g/mol. The third kappa shape index (κ3) is 11.0. The molecule has 0 amide bonds. The summed E-state index contributed by atoms with van der Waals surface area (Å²) in [5.74, 6) is 0. The minimum Gasteiger partial charge on any atom is -0.329 e. The number of rotatable bonds is 2. The van der Waals surface area contributed by atoms with Crippen molar-refractivity contribution in [2.24, 2.45) is 5.73 Å². The van der Waals surface area contributed by atoms with E-state index in [9.17, 15) is 0 Å². The van der Waals surface area contributed by atoms with E-state index in [0.29, 0.717) is 0 Å². The molecule has 0 fully saturated rings. The van der Waals surface area contributed by atoms with Crippen LogP contribution >= 0.6 is 0 Å². The SMILES string of the molecule is CN(C)CCN.[Ar]. The Balaban J connectivity index is 0. The van der Waals surface area contributed by atoms with Crippen LogP contribution in [0.3, 0.4) is 0 Å². The molecule has 0 aliphatic carbocycles. The van der Waals surface area contributed by atoms with Crippen molar-refractivity contribution in [2.75, 3.05) is 27.2 Å². The Morgan fingerprint density at radius 1 is 1.43 bits per heavy atom. The Morgan fingerprint density at radius 3 is 1.86 bits per heavy atom. The third-order valence-electron chi connectivity index (χ3n) is 0.576. The van der Waals surface area contributed by atoms with Crippen LogP contribution in [0.4, 0.5) is 0 Å². The quantitative estimate of drug-likeness (QED) is 0.543. The van der Waals surface area contributed by atoms with Gasteiger partial charge in [-0.2, -0.15) is 0 Å². The van der Waals surface area contributed by atoms with E-state index in [1.807, 2.05) is 14.1 Å². The molecule has 0 bridgehead atoms. The topological polar surface area (TPSA) is 29.3 Å². The van der Waals surface area contributed by atoms with E-state index in [-0.39, 0.29) is 37.7 Å². The number of hydrogen-bond donors (Lipinski definition) is 1. The Bertz CT molecular complexity index is 30.9. The van der Waals surface area contributed by atoms with Crippen LogP contribution in [0.15, 0.2) is 0 Å². The Kier molecular flexibility index (Phi) is 11.3.